The molecular formula is C26H42N4O6S. The molecule has 2 aliphatic heterocycles. The molecule has 10 nitrogen and oxygen atoms in total. The first-order valence-corrected chi connectivity index (χ1v) is 14.4. The SMILES string of the molecule is CCCC1CCN(CNC(=O)c2cccnc2)C(C(=O)NC(C(C)C)C2OC(SC)C(O)C(O)C2O)C1. The van der Waals surface area contributed by atoms with Crippen LogP contribution in [0.25, 0.3) is 0 Å². The molecule has 2 aliphatic rings. The lowest BCUT2D eigenvalue weighted by Crippen LogP contribution is -2.65. The van der Waals surface area contributed by atoms with Crippen molar-refractivity contribution in [2.24, 2.45) is 11.8 Å². The van der Waals surface area contributed by atoms with Crippen LogP contribution >= 0.6 is 11.8 Å². The summed E-state index contributed by atoms with van der Waals surface area (Å²) in [6.45, 7) is 6.86. The average Bonchev–Trinajstić information content (AvgIpc) is 2.90. The van der Waals surface area contributed by atoms with Crippen LogP contribution in [0, 0.1) is 11.8 Å². The number of pyridine rings is 1. The Morgan fingerprint density at radius 2 is 2.00 bits per heavy atom. The first-order chi connectivity index (χ1) is 17.7. The number of piperidine rings is 1. The highest BCUT2D eigenvalue weighted by molar-refractivity contribution is 7.99. The second-order valence-electron chi connectivity index (χ2n) is 10.4. The average molecular weight is 539 g/mol. The summed E-state index contributed by atoms with van der Waals surface area (Å²) in [6, 6.07) is 2.34. The van der Waals surface area contributed by atoms with Crippen molar-refractivity contribution in [1.29, 1.82) is 0 Å². The lowest BCUT2D eigenvalue weighted by Gasteiger charge is -2.45. The van der Waals surface area contributed by atoms with E-state index in [0.29, 0.717) is 24.4 Å². The van der Waals surface area contributed by atoms with E-state index in [-0.39, 0.29) is 24.4 Å². The van der Waals surface area contributed by atoms with Crippen LogP contribution in [0.15, 0.2) is 24.5 Å². The summed E-state index contributed by atoms with van der Waals surface area (Å²) in [5.74, 6) is -0.162. The van der Waals surface area contributed by atoms with Crippen LogP contribution in [0.3, 0.4) is 0 Å². The number of nitrogens with one attached hydrogen (secondary N) is 2. The summed E-state index contributed by atoms with van der Waals surface area (Å²) in [5, 5.41) is 37.4. The number of carbonyl (C=O) groups excluding carboxylic acids is 2. The number of likely N-dealkylation sites (tertiary alicyclic amines) is 1. The van der Waals surface area contributed by atoms with E-state index >= 15 is 0 Å². The van der Waals surface area contributed by atoms with E-state index in [1.54, 1.807) is 24.6 Å². The van der Waals surface area contributed by atoms with E-state index in [9.17, 15) is 24.9 Å². The maximum atomic E-state index is 13.7. The smallest absolute Gasteiger partial charge is 0.253 e. The highest BCUT2D eigenvalue weighted by Crippen LogP contribution is 2.31. The van der Waals surface area contributed by atoms with Crippen molar-refractivity contribution in [3.63, 3.8) is 0 Å². The monoisotopic (exact) mass is 538 g/mol. The Morgan fingerprint density at radius 3 is 2.62 bits per heavy atom. The van der Waals surface area contributed by atoms with E-state index < -0.39 is 41.9 Å². The first kappa shape index (κ1) is 29.8. The van der Waals surface area contributed by atoms with Gasteiger partial charge in [-0.1, -0.05) is 33.6 Å². The number of ether oxygens (including phenoxy) is 1. The molecule has 2 fully saturated rings. The maximum absolute atomic E-state index is 13.7. The summed E-state index contributed by atoms with van der Waals surface area (Å²) >= 11 is 1.24. The molecule has 2 saturated heterocycles. The van der Waals surface area contributed by atoms with E-state index in [2.05, 4.69) is 22.5 Å². The highest BCUT2D eigenvalue weighted by atomic mass is 32.2. The minimum absolute atomic E-state index is 0.109. The quantitative estimate of drug-likeness (QED) is 0.294. The molecular weight excluding hydrogens is 496 g/mol. The summed E-state index contributed by atoms with van der Waals surface area (Å²) in [5.41, 5.74) is -0.263. The zero-order chi connectivity index (χ0) is 27.1. The van der Waals surface area contributed by atoms with Gasteiger partial charge in [0, 0.05) is 18.9 Å². The number of aromatic nitrogens is 1. The first-order valence-electron chi connectivity index (χ1n) is 13.1. The Balaban J connectivity index is 1.74. The molecule has 0 bridgehead atoms. The van der Waals surface area contributed by atoms with Gasteiger partial charge in [-0.15, -0.1) is 11.8 Å². The van der Waals surface area contributed by atoms with Crippen LogP contribution in [0.4, 0.5) is 0 Å². The van der Waals surface area contributed by atoms with Crippen molar-refractivity contribution in [3.8, 4) is 0 Å². The molecule has 5 N–H and O–H groups in total. The second-order valence-corrected chi connectivity index (χ2v) is 11.3. The van der Waals surface area contributed by atoms with Crippen molar-refractivity contribution >= 4 is 23.6 Å². The molecule has 0 aliphatic carbocycles. The van der Waals surface area contributed by atoms with Gasteiger partial charge in [0.25, 0.3) is 5.91 Å². The van der Waals surface area contributed by atoms with Crippen LogP contribution in [0.1, 0.15) is 56.8 Å². The van der Waals surface area contributed by atoms with Crippen molar-refractivity contribution in [2.75, 3.05) is 19.5 Å². The number of hydrogen-bond donors (Lipinski definition) is 5. The molecule has 0 saturated carbocycles. The zero-order valence-corrected chi connectivity index (χ0v) is 22.9. The van der Waals surface area contributed by atoms with Gasteiger partial charge in [0.05, 0.1) is 24.3 Å². The zero-order valence-electron chi connectivity index (χ0n) is 22.1. The van der Waals surface area contributed by atoms with E-state index in [0.717, 1.165) is 19.3 Å². The predicted octanol–water partition coefficient (Wildman–Crippen LogP) is 0.961. The molecule has 208 valence electrons. The summed E-state index contributed by atoms with van der Waals surface area (Å²) < 4.78 is 5.97. The molecule has 1 aromatic heterocycles. The Morgan fingerprint density at radius 1 is 1.24 bits per heavy atom. The van der Waals surface area contributed by atoms with Gasteiger partial charge in [-0.25, -0.2) is 0 Å². The fourth-order valence-corrected chi connectivity index (χ4v) is 5.93. The molecule has 0 aromatic carbocycles. The van der Waals surface area contributed by atoms with Crippen molar-refractivity contribution in [3.05, 3.63) is 30.1 Å². The number of aliphatic hydroxyl groups is 3. The van der Waals surface area contributed by atoms with Crippen LogP contribution < -0.4 is 10.6 Å². The Labute approximate surface area is 223 Å². The number of amides is 2. The van der Waals surface area contributed by atoms with Crippen LogP contribution in [0.5, 0.6) is 0 Å². The van der Waals surface area contributed by atoms with E-state index in [1.165, 1.54) is 18.0 Å². The van der Waals surface area contributed by atoms with Gasteiger partial charge in [0.15, 0.2) is 0 Å². The lowest BCUT2D eigenvalue weighted by molar-refractivity contribution is -0.208. The van der Waals surface area contributed by atoms with E-state index in [4.69, 9.17) is 4.74 Å². The van der Waals surface area contributed by atoms with Gasteiger partial charge >= 0.3 is 0 Å². The van der Waals surface area contributed by atoms with Crippen LogP contribution in [-0.2, 0) is 9.53 Å². The predicted molar refractivity (Wildman–Crippen MR) is 142 cm³/mol. The Hall–Kier alpha value is -1.76. The van der Waals surface area contributed by atoms with Gasteiger partial charge in [0.2, 0.25) is 5.91 Å². The van der Waals surface area contributed by atoms with Gasteiger partial charge in [0.1, 0.15) is 29.9 Å². The number of aliphatic hydroxyl groups excluding tert-OH is 3. The number of hydrogen-bond acceptors (Lipinski definition) is 9. The second kappa shape index (κ2) is 13.9. The summed E-state index contributed by atoms with van der Waals surface area (Å²) in [6.07, 6.45) is 3.70. The third-order valence-corrected chi connectivity index (χ3v) is 8.26. The number of rotatable bonds is 10. The molecule has 0 radical (unpaired) electrons. The van der Waals surface area contributed by atoms with Gasteiger partial charge in [-0.05, 0) is 43.1 Å². The Bertz CT molecular complexity index is 876. The summed E-state index contributed by atoms with van der Waals surface area (Å²) in [4.78, 5) is 32.3. The normalized spacial score (nSPS) is 31.6. The molecule has 3 heterocycles. The molecule has 2 amide bonds. The minimum atomic E-state index is -1.38. The van der Waals surface area contributed by atoms with Gasteiger partial charge in [-0.3, -0.25) is 19.5 Å². The minimum Gasteiger partial charge on any atom is -0.388 e. The summed E-state index contributed by atoms with van der Waals surface area (Å²) in [7, 11) is 0. The van der Waals surface area contributed by atoms with Crippen LogP contribution in [0.2, 0.25) is 0 Å². The highest BCUT2D eigenvalue weighted by Gasteiger charge is 2.48. The van der Waals surface area contributed by atoms with Crippen molar-refractivity contribution in [1.82, 2.24) is 20.5 Å². The van der Waals surface area contributed by atoms with Crippen molar-refractivity contribution in [2.45, 2.75) is 88.4 Å². The largest absolute Gasteiger partial charge is 0.388 e. The third kappa shape index (κ3) is 7.42. The molecule has 1 aromatic rings. The molecule has 11 heteroatoms. The molecule has 0 spiro atoms. The molecule has 8 atom stereocenters. The van der Waals surface area contributed by atoms with Gasteiger partial charge in [-0.2, -0.15) is 0 Å². The van der Waals surface area contributed by atoms with E-state index in [1.807, 2.05) is 18.7 Å². The van der Waals surface area contributed by atoms with Crippen LogP contribution in [-0.4, -0.2) is 98.4 Å². The molecule has 3 rings (SSSR count). The lowest BCUT2D eigenvalue weighted by atomic mass is 9.86. The van der Waals surface area contributed by atoms with Gasteiger partial charge < -0.3 is 30.7 Å². The number of carbonyl (C=O) groups is 2. The van der Waals surface area contributed by atoms with Crippen molar-refractivity contribution < 1.29 is 29.6 Å². The third-order valence-electron chi connectivity index (χ3n) is 7.41. The molecule has 8 unspecified atom stereocenters. The maximum Gasteiger partial charge on any atom is 0.253 e. The Kier molecular flexibility index (Phi) is 11.2. The fourth-order valence-electron chi connectivity index (χ4n) is 5.25. The number of thioether (sulfide) groups is 1. The standard InChI is InChI=1S/C26H42N4O6S/c1-5-7-16-9-11-30(14-28-24(34)17-8-6-10-27-13-17)18(12-16)25(35)29-19(15(2)3)23-21(32)20(31)22(33)26(36-23)37-4/h6,8,10,13,15-16,18-23,26,31-33H,5,7,9,11-12,14H2,1-4H3,(H,28,34)(H,29,35). The fraction of sp³-hybridized carbons (Fsp3) is 0.731. The molecule has 37 heavy (non-hydrogen) atoms. The topological polar surface area (TPSA) is 144 Å². The number of nitrogens with zero attached hydrogens (tertiary/aromatic N) is 2.